The third-order valence-corrected chi connectivity index (χ3v) is 4.20. The van der Waals surface area contributed by atoms with Crippen LogP contribution in [0.15, 0.2) is 24.3 Å². The molecule has 0 unspecified atom stereocenters. The summed E-state index contributed by atoms with van der Waals surface area (Å²) in [6.45, 7) is 0. The van der Waals surface area contributed by atoms with Crippen molar-refractivity contribution in [3.63, 3.8) is 0 Å². The fourth-order valence-corrected chi connectivity index (χ4v) is 3.01. The van der Waals surface area contributed by atoms with Crippen LogP contribution in [0.25, 0.3) is 10.9 Å². The molecule has 2 aromatic rings. The third-order valence-electron chi connectivity index (χ3n) is 4.20. The highest BCUT2D eigenvalue weighted by atomic mass is 16.2. The lowest BCUT2D eigenvalue weighted by atomic mass is 10.1. The van der Waals surface area contributed by atoms with Crippen molar-refractivity contribution < 1.29 is 4.79 Å². The summed E-state index contributed by atoms with van der Waals surface area (Å²) in [5, 5.41) is 10.0. The van der Waals surface area contributed by atoms with Gasteiger partial charge in [0.1, 0.15) is 11.8 Å². The molecule has 0 aliphatic heterocycles. The second kappa shape index (κ2) is 5.01. The van der Waals surface area contributed by atoms with Gasteiger partial charge in [-0.3, -0.25) is 4.79 Å². The number of hydrogen-bond acceptors (Lipinski definition) is 2. The molecular weight excluding hydrogens is 250 g/mol. The summed E-state index contributed by atoms with van der Waals surface area (Å²) >= 11 is 0. The van der Waals surface area contributed by atoms with E-state index in [1.165, 1.54) is 12.8 Å². The molecule has 1 aromatic heterocycles. The van der Waals surface area contributed by atoms with Gasteiger partial charge >= 0.3 is 0 Å². The molecule has 0 radical (unpaired) electrons. The van der Waals surface area contributed by atoms with E-state index in [1.807, 2.05) is 30.1 Å². The average molecular weight is 267 g/mol. The largest absolute Gasteiger partial charge is 0.349 e. The van der Waals surface area contributed by atoms with Crippen molar-refractivity contribution in [1.82, 2.24) is 9.88 Å². The monoisotopic (exact) mass is 267 g/mol. The summed E-state index contributed by atoms with van der Waals surface area (Å²) in [4.78, 5) is 17.5. The van der Waals surface area contributed by atoms with E-state index in [9.17, 15) is 4.79 Å². The van der Waals surface area contributed by atoms with Crippen molar-refractivity contribution in [2.45, 2.75) is 31.7 Å². The predicted octanol–water partition coefficient (Wildman–Crippen LogP) is 3.05. The number of hydrogen-bond donors (Lipinski definition) is 1. The van der Waals surface area contributed by atoms with E-state index in [0.29, 0.717) is 17.3 Å². The Bertz CT molecular complexity index is 689. The Balaban J connectivity index is 1.94. The smallest absolute Gasteiger partial charge is 0.270 e. The number of aromatic nitrogens is 1. The molecule has 1 heterocycles. The normalized spacial score (nSPS) is 15.4. The van der Waals surface area contributed by atoms with Crippen LogP contribution in [0, 0.1) is 11.3 Å². The molecule has 0 bridgehead atoms. The molecule has 0 atom stereocenters. The van der Waals surface area contributed by atoms with Gasteiger partial charge in [0.25, 0.3) is 5.91 Å². The first-order chi connectivity index (χ1) is 9.70. The number of nitriles is 1. The summed E-state index contributed by atoms with van der Waals surface area (Å²) in [6.07, 6.45) is 4.58. The minimum Gasteiger partial charge on any atom is -0.349 e. The van der Waals surface area contributed by atoms with E-state index in [1.54, 1.807) is 6.07 Å². The van der Waals surface area contributed by atoms with E-state index >= 15 is 0 Å². The van der Waals surface area contributed by atoms with Crippen molar-refractivity contribution in [2.75, 3.05) is 7.05 Å². The quantitative estimate of drug-likeness (QED) is 0.909. The van der Waals surface area contributed by atoms with Gasteiger partial charge in [-0.25, -0.2) is 0 Å². The van der Waals surface area contributed by atoms with E-state index in [0.717, 1.165) is 23.7 Å². The van der Waals surface area contributed by atoms with Gasteiger partial charge in [-0.15, -0.1) is 0 Å². The number of nitrogens with one attached hydrogen (secondary N) is 1. The minimum atomic E-state index is 0.0111. The molecule has 1 N–H and O–H groups in total. The van der Waals surface area contributed by atoms with Crippen LogP contribution < -0.4 is 0 Å². The number of para-hydroxylation sites is 1. The summed E-state index contributed by atoms with van der Waals surface area (Å²) < 4.78 is 0. The molecule has 1 aromatic carbocycles. The van der Waals surface area contributed by atoms with E-state index in [-0.39, 0.29) is 5.91 Å². The number of rotatable bonds is 2. The molecule has 1 aliphatic carbocycles. The van der Waals surface area contributed by atoms with Crippen LogP contribution in [-0.2, 0) is 0 Å². The number of fused-ring (bicyclic) bond motifs is 1. The lowest BCUT2D eigenvalue weighted by Gasteiger charge is -2.23. The van der Waals surface area contributed by atoms with Gasteiger partial charge in [0.05, 0.1) is 11.1 Å². The first kappa shape index (κ1) is 12.7. The van der Waals surface area contributed by atoms with Crippen LogP contribution in [0.3, 0.4) is 0 Å². The fourth-order valence-electron chi connectivity index (χ4n) is 3.01. The van der Waals surface area contributed by atoms with Gasteiger partial charge in [-0.1, -0.05) is 25.0 Å². The Hall–Kier alpha value is -2.28. The molecule has 4 nitrogen and oxygen atoms in total. The minimum absolute atomic E-state index is 0.0111. The summed E-state index contributed by atoms with van der Waals surface area (Å²) in [6, 6.07) is 9.85. The van der Waals surface area contributed by atoms with Crippen molar-refractivity contribution in [1.29, 1.82) is 5.26 Å². The topological polar surface area (TPSA) is 59.9 Å². The molecule has 102 valence electrons. The zero-order valence-corrected chi connectivity index (χ0v) is 11.5. The van der Waals surface area contributed by atoms with Gasteiger partial charge in [0.15, 0.2) is 0 Å². The molecule has 3 rings (SSSR count). The van der Waals surface area contributed by atoms with E-state index in [4.69, 9.17) is 5.26 Å². The Morgan fingerprint density at radius 2 is 2.15 bits per heavy atom. The van der Waals surface area contributed by atoms with Gasteiger partial charge in [-0.2, -0.15) is 5.26 Å². The summed E-state index contributed by atoms with van der Waals surface area (Å²) in [5.41, 5.74) is 1.89. The number of amides is 1. The Kier molecular flexibility index (Phi) is 3.19. The number of carbonyl (C=O) groups is 1. The molecule has 0 saturated heterocycles. The van der Waals surface area contributed by atoms with Gasteiger partial charge in [0, 0.05) is 18.5 Å². The summed E-state index contributed by atoms with van der Waals surface area (Å²) in [7, 11) is 1.87. The van der Waals surface area contributed by atoms with Crippen LogP contribution in [0.4, 0.5) is 0 Å². The maximum absolute atomic E-state index is 12.5. The third kappa shape index (κ3) is 2.05. The molecule has 1 amide bonds. The number of benzene rings is 1. The lowest BCUT2D eigenvalue weighted by molar-refractivity contribution is 0.0730. The zero-order chi connectivity index (χ0) is 14.1. The van der Waals surface area contributed by atoms with Gasteiger partial charge < -0.3 is 9.88 Å². The molecule has 1 saturated carbocycles. The van der Waals surface area contributed by atoms with E-state index < -0.39 is 0 Å². The fraction of sp³-hybridized carbons (Fsp3) is 0.375. The second-order valence-electron chi connectivity index (χ2n) is 5.42. The Labute approximate surface area is 118 Å². The first-order valence-corrected chi connectivity index (χ1v) is 6.99. The van der Waals surface area contributed by atoms with Crippen LogP contribution >= 0.6 is 0 Å². The highest BCUT2D eigenvalue weighted by Crippen LogP contribution is 2.25. The molecular formula is C16H17N3O. The molecule has 4 heteroatoms. The van der Waals surface area contributed by atoms with Crippen LogP contribution in [0.2, 0.25) is 0 Å². The molecule has 1 aliphatic rings. The van der Waals surface area contributed by atoms with Crippen LogP contribution in [0.1, 0.15) is 41.7 Å². The first-order valence-electron chi connectivity index (χ1n) is 6.99. The van der Waals surface area contributed by atoms with Crippen molar-refractivity contribution in [3.8, 4) is 6.07 Å². The maximum Gasteiger partial charge on any atom is 0.270 e. The molecule has 20 heavy (non-hydrogen) atoms. The van der Waals surface area contributed by atoms with Crippen LogP contribution in [-0.4, -0.2) is 28.9 Å². The summed E-state index contributed by atoms with van der Waals surface area (Å²) in [5.74, 6) is 0.0111. The predicted molar refractivity (Wildman–Crippen MR) is 77.4 cm³/mol. The average Bonchev–Trinajstić information content (AvgIpc) is 3.13. The van der Waals surface area contributed by atoms with Crippen molar-refractivity contribution >= 4 is 16.8 Å². The Morgan fingerprint density at radius 1 is 1.40 bits per heavy atom. The number of carbonyl (C=O) groups excluding carboxylic acids is 1. The van der Waals surface area contributed by atoms with E-state index in [2.05, 4.69) is 11.1 Å². The van der Waals surface area contributed by atoms with Crippen molar-refractivity contribution in [3.05, 3.63) is 35.5 Å². The highest BCUT2D eigenvalue weighted by molar-refractivity contribution is 5.99. The lowest BCUT2D eigenvalue weighted by Crippen LogP contribution is -2.35. The SMILES string of the molecule is CN(C(=O)c1cc2cccc(C#N)c2[nH]1)C1CCCC1. The standard InChI is InChI=1S/C16H17N3O/c1-19(13-7-2-3-8-13)16(20)14-9-11-5-4-6-12(10-17)15(11)18-14/h4-6,9,13,18H,2-3,7-8H2,1H3. The van der Waals surface area contributed by atoms with Gasteiger partial charge in [-0.05, 0) is 25.0 Å². The van der Waals surface area contributed by atoms with Gasteiger partial charge in [0.2, 0.25) is 0 Å². The second-order valence-corrected chi connectivity index (χ2v) is 5.42. The zero-order valence-electron chi connectivity index (χ0n) is 11.5. The Morgan fingerprint density at radius 3 is 2.85 bits per heavy atom. The number of H-pyrrole nitrogens is 1. The van der Waals surface area contributed by atoms with Crippen LogP contribution in [0.5, 0.6) is 0 Å². The molecule has 1 fully saturated rings. The highest BCUT2D eigenvalue weighted by Gasteiger charge is 2.25. The number of aromatic amines is 1. The molecule has 0 spiro atoms. The number of nitrogens with zero attached hydrogens (tertiary/aromatic N) is 2. The maximum atomic E-state index is 12.5. The van der Waals surface area contributed by atoms with Crippen molar-refractivity contribution in [2.24, 2.45) is 0 Å².